The van der Waals surface area contributed by atoms with Gasteiger partial charge >= 0.3 is 5.97 Å². The van der Waals surface area contributed by atoms with Crippen LogP contribution in [-0.4, -0.2) is 47.1 Å². The maximum absolute atomic E-state index is 11.5. The molecular weight excluding hydrogens is 184 g/mol. The highest BCUT2D eigenvalue weighted by atomic mass is 16.4. The van der Waals surface area contributed by atoms with Crippen molar-refractivity contribution in [1.29, 1.82) is 0 Å². The number of hydrogen-bond donors (Lipinski definition) is 2. The molecule has 14 heavy (non-hydrogen) atoms. The Labute approximate surface area is 82.1 Å². The summed E-state index contributed by atoms with van der Waals surface area (Å²) in [6, 6.07) is -0.389. The van der Waals surface area contributed by atoms with E-state index in [4.69, 9.17) is 5.11 Å². The Balaban J connectivity index is 2.30. The fraction of sp³-hybridized carbons (Fsp3) is 0.778. The van der Waals surface area contributed by atoms with Crippen molar-refractivity contribution in [2.75, 3.05) is 7.05 Å². The standard InChI is InChI=1S/C9H14N2O3/c1-4-7-5(9(13)14)3-6(11(7)2)8(12)10-4/h4-7H,3H2,1-2H3,(H,10,12)(H,13,14)/t4?,5?,6-,7-/m0/s1. The number of carbonyl (C=O) groups is 2. The lowest BCUT2D eigenvalue weighted by Crippen LogP contribution is -2.59. The van der Waals surface area contributed by atoms with Crippen molar-refractivity contribution in [2.24, 2.45) is 5.92 Å². The zero-order valence-corrected chi connectivity index (χ0v) is 8.23. The van der Waals surface area contributed by atoms with E-state index in [-0.39, 0.29) is 24.0 Å². The molecule has 2 aliphatic heterocycles. The molecule has 2 unspecified atom stereocenters. The summed E-state index contributed by atoms with van der Waals surface area (Å²) < 4.78 is 0. The fourth-order valence-corrected chi connectivity index (χ4v) is 2.68. The van der Waals surface area contributed by atoms with Crippen LogP contribution in [0.1, 0.15) is 13.3 Å². The Morgan fingerprint density at radius 2 is 2.29 bits per heavy atom. The summed E-state index contributed by atoms with van der Waals surface area (Å²) >= 11 is 0. The van der Waals surface area contributed by atoms with Crippen LogP contribution in [0.2, 0.25) is 0 Å². The van der Waals surface area contributed by atoms with E-state index < -0.39 is 11.9 Å². The van der Waals surface area contributed by atoms with Gasteiger partial charge in [-0.3, -0.25) is 14.5 Å². The molecule has 0 saturated carbocycles. The zero-order chi connectivity index (χ0) is 10.5. The van der Waals surface area contributed by atoms with Gasteiger partial charge in [0.1, 0.15) is 0 Å². The molecule has 0 aromatic rings. The predicted molar refractivity (Wildman–Crippen MR) is 48.7 cm³/mol. The van der Waals surface area contributed by atoms with Gasteiger partial charge in [-0.15, -0.1) is 0 Å². The van der Waals surface area contributed by atoms with Gasteiger partial charge in [0.05, 0.1) is 12.0 Å². The van der Waals surface area contributed by atoms with Crippen LogP contribution in [0, 0.1) is 5.92 Å². The maximum atomic E-state index is 11.5. The van der Waals surface area contributed by atoms with Gasteiger partial charge in [-0.2, -0.15) is 0 Å². The molecule has 5 heteroatoms. The first-order valence-corrected chi connectivity index (χ1v) is 4.77. The van der Waals surface area contributed by atoms with Crippen molar-refractivity contribution < 1.29 is 14.7 Å². The van der Waals surface area contributed by atoms with Crippen LogP contribution < -0.4 is 5.32 Å². The molecule has 78 valence electrons. The van der Waals surface area contributed by atoms with Crippen molar-refractivity contribution in [2.45, 2.75) is 31.5 Å². The van der Waals surface area contributed by atoms with Crippen molar-refractivity contribution in [3.05, 3.63) is 0 Å². The molecular formula is C9H14N2O3. The SMILES string of the molecule is CC1NC(=O)[C@@H]2CC(C(=O)O)[C@H]1N2C. The molecule has 1 amide bonds. The molecule has 2 N–H and O–H groups in total. The molecule has 2 heterocycles. The number of rotatable bonds is 1. The van der Waals surface area contributed by atoms with Crippen LogP contribution in [0.4, 0.5) is 0 Å². The molecule has 2 saturated heterocycles. The average molecular weight is 198 g/mol. The molecule has 0 spiro atoms. The summed E-state index contributed by atoms with van der Waals surface area (Å²) in [5.74, 6) is -1.26. The molecule has 0 aliphatic carbocycles. The number of aliphatic carboxylic acids is 1. The Bertz CT molecular complexity index is 292. The van der Waals surface area contributed by atoms with Gasteiger partial charge in [-0.1, -0.05) is 0 Å². The van der Waals surface area contributed by atoms with Crippen molar-refractivity contribution in [3.63, 3.8) is 0 Å². The Kier molecular flexibility index (Phi) is 1.99. The number of carbonyl (C=O) groups excluding carboxylic acids is 1. The van der Waals surface area contributed by atoms with Crippen molar-refractivity contribution >= 4 is 11.9 Å². The smallest absolute Gasteiger partial charge is 0.308 e. The maximum Gasteiger partial charge on any atom is 0.308 e. The number of carboxylic acids is 1. The summed E-state index contributed by atoms with van der Waals surface area (Å²) in [6.45, 7) is 1.86. The highest BCUT2D eigenvalue weighted by Crippen LogP contribution is 2.34. The molecule has 0 radical (unpaired) electrons. The normalized spacial score (nSPS) is 42.3. The number of amides is 1. The third kappa shape index (κ3) is 1.12. The molecule has 4 atom stereocenters. The lowest BCUT2D eigenvalue weighted by Gasteiger charge is -2.36. The monoisotopic (exact) mass is 198 g/mol. The zero-order valence-electron chi connectivity index (χ0n) is 8.23. The van der Waals surface area contributed by atoms with Gasteiger partial charge in [0.25, 0.3) is 0 Å². The molecule has 2 bridgehead atoms. The minimum atomic E-state index is -0.798. The van der Waals surface area contributed by atoms with E-state index in [0.29, 0.717) is 6.42 Å². The minimum Gasteiger partial charge on any atom is -0.481 e. The number of nitrogens with zero attached hydrogens (tertiary/aromatic N) is 1. The summed E-state index contributed by atoms with van der Waals surface area (Å²) in [5, 5.41) is 11.8. The van der Waals surface area contributed by atoms with Gasteiger partial charge in [0, 0.05) is 12.1 Å². The number of carboxylic acid groups (broad SMARTS) is 1. The lowest BCUT2D eigenvalue weighted by molar-refractivity contribution is -0.143. The van der Waals surface area contributed by atoms with Crippen molar-refractivity contribution in [3.8, 4) is 0 Å². The van der Waals surface area contributed by atoms with Gasteiger partial charge in [-0.05, 0) is 20.4 Å². The molecule has 0 aromatic heterocycles. The largest absolute Gasteiger partial charge is 0.481 e. The second-order valence-electron chi connectivity index (χ2n) is 4.15. The van der Waals surface area contributed by atoms with E-state index in [0.717, 1.165) is 0 Å². The van der Waals surface area contributed by atoms with E-state index in [1.165, 1.54) is 0 Å². The van der Waals surface area contributed by atoms with Gasteiger partial charge in [0.2, 0.25) is 5.91 Å². The van der Waals surface area contributed by atoms with Crippen LogP contribution in [0.5, 0.6) is 0 Å². The van der Waals surface area contributed by atoms with Gasteiger partial charge in [-0.25, -0.2) is 0 Å². The van der Waals surface area contributed by atoms with Gasteiger partial charge < -0.3 is 10.4 Å². The van der Waals surface area contributed by atoms with Crippen LogP contribution in [0.15, 0.2) is 0 Å². The molecule has 2 rings (SSSR count). The van der Waals surface area contributed by atoms with Crippen LogP contribution >= 0.6 is 0 Å². The lowest BCUT2D eigenvalue weighted by atomic mass is 9.96. The minimum absolute atomic E-state index is 0.0417. The first-order chi connectivity index (χ1) is 6.52. The first kappa shape index (κ1) is 9.45. The van der Waals surface area contributed by atoms with E-state index in [1.807, 2.05) is 18.9 Å². The third-order valence-electron chi connectivity index (χ3n) is 3.35. The second kappa shape index (κ2) is 2.95. The predicted octanol–water partition coefficient (Wildman–Crippen LogP) is -0.722. The van der Waals surface area contributed by atoms with E-state index in [1.54, 1.807) is 0 Å². The highest BCUT2D eigenvalue weighted by molar-refractivity contribution is 5.86. The summed E-state index contributed by atoms with van der Waals surface area (Å²) in [5.41, 5.74) is 0. The molecule has 5 nitrogen and oxygen atoms in total. The summed E-state index contributed by atoms with van der Waals surface area (Å²) in [4.78, 5) is 24.4. The molecule has 0 aromatic carbocycles. The van der Waals surface area contributed by atoms with E-state index in [9.17, 15) is 9.59 Å². The van der Waals surface area contributed by atoms with Crippen LogP contribution in [-0.2, 0) is 9.59 Å². The quantitative estimate of drug-likeness (QED) is 0.583. The Morgan fingerprint density at radius 1 is 1.64 bits per heavy atom. The van der Waals surface area contributed by atoms with E-state index >= 15 is 0 Å². The van der Waals surface area contributed by atoms with Crippen LogP contribution in [0.3, 0.4) is 0 Å². The first-order valence-electron chi connectivity index (χ1n) is 4.77. The second-order valence-corrected chi connectivity index (χ2v) is 4.15. The number of nitrogens with one attached hydrogen (secondary N) is 1. The van der Waals surface area contributed by atoms with Crippen molar-refractivity contribution in [1.82, 2.24) is 10.2 Å². The van der Waals surface area contributed by atoms with E-state index in [2.05, 4.69) is 5.32 Å². The Hall–Kier alpha value is -1.10. The van der Waals surface area contributed by atoms with Crippen LogP contribution in [0.25, 0.3) is 0 Å². The fourth-order valence-electron chi connectivity index (χ4n) is 2.68. The number of likely N-dealkylation sites (N-methyl/N-ethyl adjacent to an activating group) is 1. The summed E-state index contributed by atoms with van der Waals surface area (Å²) in [7, 11) is 1.83. The average Bonchev–Trinajstić information content (AvgIpc) is 2.34. The number of hydrogen-bond acceptors (Lipinski definition) is 3. The number of fused-ring (bicyclic) bond motifs is 2. The number of piperazine rings is 1. The molecule has 2 aliphatic rings. The Morgan fingerprint density at radius 3 is 2.86 bits per heavy atom. The third-order valence-corrected chi connectivity index (χ3v) is 3.35. The van der Waals surface area contributed by atoms with Gasteiger partial charge in [0.15, 0.2) is 0 Å². The topological polar surface area (TPSA) is 69.6 Å². The highest BCUT2D eigenvalue weighted by Gasteiger charge is 2.51. The summed E-state index contributed by atoms with van der Waals surface area (Å²) in [6.07, 6.45) is 0.437. The molecule has 2 fully saturated rings.